The highest BCUT2D eigenvalue weighted by atomic mass is 16.2. The highest BCUT2D eigenvalue weighted by Crippen LogP contribution is 2.18. The summed E-state index contributed by atoms with van der Waals surface area (Å²) in [6, 6.07) is 8.68. The zero-order chi connectivity index (χ0) is 18.2. The molecule has 7 heteroatoms. The molecule has 0 bridgehead atoms. The quantitative estimate of drug-likeness (QED) is 0.795. The molecule has 7 nitrogen and oxygen atoms in total. The standard InChI is InChI=1S/C18H22N4O3/c1-13(24)20-17(12-23)10-14-2-4-16(5-3-14)21-18(25)22-8-6-15(11-19)7-9-22/h2-5,12,15,17H,6-10H2,1H3,(H,20,24)(H,21,25). The molecule has 1 unspecified atom stereocenters. The average Bonchev–Trinajstić information content (AvgIpc) is 2.62. The maximum atomic E-state index is 12.2. The number of nitriles is 1. The zero-order valence-electron chi connectivity index (χ0n) is 14.2. The van der Waals surface area contributed by atoms with Crippen LogP contribution in [0, 0.1) is 17.2 Å². The third-order valence-electron chi connectivity index (χ3n) is 4.18. The Morgan fingerprint density at radius 1 is 1.32 bits per heavy atom. The van der Waals surface area contributed by atoms with Crippen LogP contribution in [0.3, 0.4) is 0 Å². The molecular formula is C18H22N4O3. The molecule has 25 heavy (non-hydrogen) atoms. The van der Waals surface area contributed by atoms with Gasteiger partial charge in [0, 0.05) is 31.6 Å². The Labute approximate surface area is 147 Å². The van der Waals surface area contributed by atoms with Crippen LogP contribution in [0.4, 0.5) is 10.5 Å². The third-order valence-corrected chi connectivity index (χ3v) is 4.18. The van der Waals surface area contributed by atoms with Gasteiger partial charge in [-0.1, -0.05) is 12.1 Å². The number of aldehydes is 1. The van der Waals surface area contributed by atoms with Gasteiger partial charge >= 0.3 is 6.03 Å². The van der Waals surface area contributed by atoms with E-state index in [2.05, 4.69) is 16.7 Å². The number of rotatable bonds is 5. The van der Waals surface area contributed by atoms with Gasteiger partial charge < -0.3 is 20.3 Å². The summed E-state index contributed by atoms with van der Waals surface area (Å²) >= 11 is 0. The Hall–Kier alpha value is -2.88. The van der Waals surface area contributed by atoms with Crippen molar-refractivity contribution in [3.8, 4) is 6.07 Å². The first kappa shape index (κ1) is 18.5. The lowest BCUT2D eigenvalue weighted by Crippen LogP contribution is -2.40. The van der Waals surface area contributed by atoms with Crippen LogP contribution >= 0.6 is 0 Å². The first-order valence-corrected chi connectivity index (χ1v) is 8.28. The van der Waals surface area contributed by atoms with Gasteiger partial charge in [0.05, 0.1) is 12.1 Å². The predicted octanol–water partition coefficient (Wildman–Crippen LogP) is 1.70. The van der Waals surface area contributed by atoms with Crippen molar-refractivity contribution in [3.05, 3.63) is 29.8 Å². The van der Waals surface area contributed by atoms with Crippen LogP contribution in [0.25, 0.3) is 0 Å². The smallest absolute Gasteiger partial charge is 0.321 e. The molecule has 1 aliphatic heterocycles. The first-order chi connectivity index (χ1) is 12.0. The Balaban J connectivity index is 1.87. The Bertz CT molecular complexity index is 658. The molecule has 2 N–H and O–H groups in total. The number of urea groups is 1. The number of carbonyl (C=O) groups is 3. The molecule has 1 aromatic carbocycles. The van der Waals surface area contributed by atoms with Gasteiger partial charge in [0.25, 0.3) is 0 Å². The predicted molar refractivity (Wildman–Crippen MR) is 92.7 cm³/mol. The van der Waals surface area contributed by atoms with E-state index in [1.54, 1.807) is 17.0 Å². The van der Waals surface area contributed by atoms with Gasteiger partial charge in [0.2, 0.25) is 5.91 Å². The number of hydrogen-bond acceptors (Lipinski definition) is 4. The number of hydrogen-bond donors (Lipinski definition) is 2. The van der Waals surface area contributed by atoms with Crippen molar-refractivity contribution in [3.63, 3.8) is 0 Å². The van der Waals surface area contributed by atoms with Crippen LogP contribution in [0.2, 0.25) is 0 Å². The second kappa shape index (κ2) is 8.83. The van der Waals surface area contributed by atoms with Crippen LogP contribution < -0.4 is 10.6 Å². The zero-order valence-corrected chi connectivity index (χ0v) is 14.2. The third kappa shape index (κ3) is 5.60. The minimum atomic E-state index is -0.556. The summed E-state index contributed by atoms with van der Waals surface area (Å²) in [6.07, 6.45) is 2.53. The normalized spacial score (nSPS) is 15.8. The van der Waals surface area contributed by atoms with Gasteiger partial charge in [0.1, 0.15) is 6.29 Å². The number of anilines is 1. The van der Waals surface area contributed by atoms with E-state index < -0.39 is 6.04 Å². The molecule has 2 rings (SSSR count). The lowest BCUT2D eigenvalue weighted by Gasteiger charge is -2.29. The molecule has 0 aliphatic carbocycles. The van der Waals surface area contributed by atoms with Crippen molar-refractivity contribution in [2.75, 3.05) is 18.4 Å². The molecule has 0 radical (unpaired) electrons. The van der Waals surface area contributed by atoms with Crippen molar-refractivity contribution >= 4 is 23.9 Å². The maximum Gasteiger partial charge on any atom is 0.321 e. The van der Waals surface area contributed by atoms with E-state index in [0.29, 0.717) is 44.3 Å². The summed E-state index contributed by atoms with van der Waals surface area (Å²) in [5.74, 6) is -0.209. The Morgan fingerprint density at radius 2 is 1.96 bits per heavy atom. The first-order valence-electron chi connectivity index (χ1n) is 8.28. The van der Waals surface area contributed by atoms with E-state index in [9.17, 15) is 14.4 Å². The molecule has 1 aromatic rings. The molecule has 0 saturated carbocycles. The van der Waals surface area contributed by atoms with Gasteiger partial charge in [-0.2, -0.15) is 5.26 Å². The molecule has 1 fully saturated rings. The van der Waals surface area contributed by atoms with Crippen LogP contribution in [0.5, 0.6) is 0 Å². The summed E-state index contributed by atoms with van der Waals surface area (Å²) in [7, 11) is 0. The molecule has 1 atom stereocenters. The van der Waals surface area contributed by atoms with E-state index in [0.717, 1.165) is 5.56 Å². The molecule has 1 heterocycles. The number of piperidine rings is 1. The minimum absolute atomic E-state index is 0.0395. The largest absolute Gasteiger partial charge is 0.346 e. The van der Waals surface area contributed by atoms with Crippen molar-refractivity contribution in [2.45, 2.75) is 32.2 Å². The second-order valence-corrected chi connectivity index (χ2v) is 6.16. The van der Waals surface area contributed by atoms with E-state index >= 15 is 0 Å². The number of nitrogens with one attached hydrogen (secondary N) is 2. The second-order valence-electron chi connectivity index (χ2n) is 6.16. The maximum absolute atomic E-state index is 12.2. The molecule has 0 spiro atoms. The number of nitrogens with zero attached hydrogens (tertiary/aromatic N) is 2. The molecule has 3 amide bonds. The molecule has 1 aliphatic rings. The van der Waals surface area contributed by atoms with Crippen molar-refractivity contribution in [2.24, 2.45) is 5.92 Å². The minimum Gasteiger partial charge on any atom is -0.346 e. The van der Waals surface area contributed by atoms with E-state index in [1.165, 1.54) is 6.92 Å². The molecule has 0 aromatic heterocycles. The van der Waals surface area contributed by atoms with Crippen LogP contribution in [-0.2, 0) is 16.0 Å². The van der Waals surface area contributed by atoms with Crippen molar-refractivity contribution in [1.82, 2.24) is 10.2 Å². The fraction of sp³-hybridized carbons (Fsp3) is 0.444. The summed E-state index contributed by atoms with van der Waals surface area (Å²) in [6.45, 7) is 2.54. The van der Waals surface area contributed by atoms with Gasteiger partial charge in [-0.25, -0.2) is 4.79 Å². The van der Waals surface area contributed by atoms with Gasteiger partial charge in [-0.3, -0.25) is 4.79 Å². The van der Waals surface area contributed by atoms with Gasteiger partial charge in [0.15, 0.2) is 0 Å². The van der Waals surface area contributed by atoms with E-state index in [1.807, 2.05) is 12.1 Å². The highest BCUT2D eigenvalue weighted by Gasteiger charge is 2.22. The Morgan fingerprint density at radius 3 is 2.48 bits per heavy atom. The van der Waals surface area contributed by atoms with Gasteiger partial charge in [-0.05, 0) is 37.0 Å². The number of benzene rings is 1. The summed E-state index contributed by atoms with van der Waals surface area (Å²) in [5.41, 5.74) is 1.55. The summed E-state index contributed by atoms with van der Waals surface area (Å²) in [5, 5.41) is 14.3. The van der Waals surface area contributed by atoms with Crippen molar-refractivity contribution in [1.29, 1.82) is 5.26 Å². The van der Waals surface area contributed by atoms with Crippen LogP contribution in [0.1, 0.15) is 25.3 Å². The summed E-state index contributed by atoms with van der Waals surface area (Å²) in [4.78, 5) is 35.9. The monoisotopic (exact) mass is 342 g/mol. The van der Waals surface area contributed by atoms with Crippen molar-refractivity contribution < 1.29 is 14.4 Å². The van der Waals surface area contributed by atoms with Gasteiger partial charge in [-0.15, -0.1) is 0 Å². The summed E-state index contributed by atoms with van der Waals surface area (Å²) < 4.78 is 0. The number of amides is 3. The molecule has 1 saturated heterocycles. The fourth-order valence-electron chi connectivity index (χ4n) is 2.79. The number of carbonyl (C=O) groups excluding carboxylic acids is 3. The van der Waals surface area contributed by atoms with E-state index in [4.69, 9.17) is 5.26 Å². The molecule has 132 valence electrons. The van der Waals surface area contributed by atoms with E-state index in [-0.39, 0.29) is 17.9 Å². The topological polar surface area (TPSA) is 102 Å². The van der Waals surface area contributed by atoms with Crippen LogP contribution in [-0.4, -0.2) is 42.3 Å². The lowest BCUT2D eigenvalue weighted by molar-refractivity contribution is -0.122. The number of likely N-dealkylation sites (tertiary alicyclic amines) is 1. The average molecular weight is 342 g/mol. The SMILES string of the molecule is CC(=O)NC(C=O)Cc1ccc(NC(=O)N2CCC(C#N)CC2)cc1. The molecular weight excluding hydrogens is 320 g/mol. The highest BCUT2D eigenvalue weighted by molar-refractivity contribution is 5.89. The van der Waals surface area contributed by atoms with Crippen LogP contribution in [0.15, 0.2) is 24.3 Å². The Kier molecular flexibility index (Phi) is 6.52. The lowest BCUT2D eigenvalue weighted by atomic mass is 9.99. The fourth-order valence-corrected chi connectivity index (χ4v) is 2.79.